The van der Waals surface area contributed by atoms with Crippen LogP contribution < -0.4 is 0 Å². The molecule has 0 N–H and O–H groups in total. The van der Waals surface area contributed by atoms with E-state index >= 15 is 0 Å². The molecule has 2 nitrogen and oxygen atoms in total. The van der Waals surface area contributed by atoms with E-state index < -0.39 is 0 Å². The van der Waals surface area contributed by atoms with E-state index in [1.807, 2.05) is 0 Å². The van der Waals surface area contributed by atoms with Crippen molar-refractivity contribution in [2.45, 2.75) is 39.5 Å². The largest absolute Gasteiger partial charge is 0.465 e. The highest BCUT2D eigenvalue weighted by Gasteiger charge is 2.70. The van der Waals surface area contributed by atoms with E-state index in [1.165, 1.54) is 6.42 Å². The summed E-state index contributed by atoms with van der Waals surface area (Å²) in [6.07, 6.45) is 9.08. The van der Waals surface area contributed by atoms with Crippen LogP contribution in [-0.2, 0) is 9.53 Å². The lowest BCUT2D eigenvalue weighted by Crippen LogP contribution is -2.44. The van der Waals surface area contributed by atoms with Gasteiger partial charge in [-0.05, 0) is 24.7 Å². The predicted octanol–water partition coefficient (Wildman–Crippen LogP) is 2.93. The summed E-state index contributed by atoms with van der Waals surface area (Å²) < 4.78 is 5.43. The standard InChI is InChI=1S/C14H20O2/c1-3-4-7-14-11-6-5-10(8-11)13(14,2)9-16-12(14)15/h5-6,10-11H,3-4,7-9H2,1-2H3/t10-,11+,13-,14-/m0/s1. The van der Waals surface area contributed by atoms with Crippen LogP contribution in [0.2, 0.25) is 0 Å². The molecule has 1 saturated heterocycles. The highest BCUT2D eigenvalue weighted by atomic mass is 16.5. The Morgan fingerprint density at radius 3 is 2.94 bits per heavy atom. The van der Waals surface area contributed by atoms with E-state index in [1.54, 1.807) is 0 Å². The number of ether oxygens (including phenoxy) is 1. The number of allylic oxidation sites excluding steroid dienone is 2. The highest BCUT2D eigenvalue weighted by Crippen LogP contribution is 2.68. The maximum atomic E-state index is 12.2. The fourth-order valence-electron chi connectivity index (χ4n) is 4.28. The van der Waals surface area contributed by atoms with E-state index in [-0.39, 0.29) is 16.8 Å². The van der Waals surface area contributed by atoms with Crippen LogP contribution in [0.25, 0.3) is 0 Å². The Balaban J connectivity index is 2.03. The molecule has 2 aliphatic carbocycles. The average molecular weight is 220 g/mol. The van der Waals surface area contributed by atoms with Gasteiger partial charge in [-0.1, -0.05) is 38.8 Å². The third-order valence-electron chi connectivity index (χ3n) is 5.35. The predicted molar refractivity (Wildman–Crippen MR) is 61.8 cm³/mol. The monoisotopic (exact) mass is 220 g/mol. The minimum Gasteiger partial charge on any atom is -0.465 e. The summed E-state index contributed by atoms with van der Waals surface area (Å²) in [6.45, 7) is 5.10. The number of fused-ring (bicyclic) bond motifs is 5. The van der Waals surface area contributed by atoms with E-state index in [2.05, 4.69) is 26.0 Å². The number of carbonyl (C=O) groups is 1. The second-order valence-electron chi connectivity index (χ2n) is 5.90. The number of hydrogen-bond acceptors (Lipinski definition) is 2. The minimum atomic E-state index is -0.178. The maximum absolute atomic E-state index is 12.2. The Hall–Kier alpha value is -0.790. The van der Waals surface area contributed by atoms with Crippen LogP contribution in [0.15, 0.2) is 12.2 Å². The van der Waals surface area contributed by atoms with Crippen molar-refractivity contribution in [2.24, 2.45) is 22.7 Å². The Morgan fingerprint density at radius 1 is 1.44 bits per heavy atom. The average Bonchev–Trinajstić information content (AvgIpc) is 2.89. The maximum Gasteiger partial charge on any atom is 0.313 e. The Bertz CT molecular complexity index is 360. The van der Waals surface area contributed by atoms with Gasteiger partial charge in [-0.3, -0.25) is 4.79 Å². The summed E-state index contributed by atoms with van der Waals surface area (Å²) in [7, 11) is 0. The number of cyclic esters (lactones) is 1. The van der Waals surface area contributed by atoms with Gasteiger partial charge in [0.2, 0.25) is 0 Å². The zero-order valence-corrected chi connectivity index (χ0v) is 10.2. The summed E-state index contributed by atoms with van der Waals surface area (Å²) in [5.74, 6) is 1.10. The second kappa shape index (κ2) is 3.12. The van der Waals surface area contributed by atoms with Crippen LogP contribution in [0.5, 0.6) is 0 Å². The smallest absolute Gasteiger partial charge is 0.313 e. The van der Waals surface area contributed by atoms with Crippen molar-refractivity contribution in [1.29, 1.82) is 0 Å². The molecule has 2 fully saturated rings. The van der Waals surface area contributed by atoms with Gasteiger partial charge in [0.05, 0.1) is 12.0 Å². The van der Waals surface area contributed by atoms with Crippen molar-refractivity contribution >= 4 is 5.97 Å². The molecule has 0 unspecified atom stereocenters. The SMILES string of the molecule is CCCC[C@]12C(=O)OC[C@@]1(C)[C@H]1C=C[C@@H]2C1. The third-order valence-corrected chi connectivity index (χ3v) is 5.35. The van der Waals surface area contributed by atoms with Crippen molar-refractivity contribution in [3.8, 4) is 0 Å². The molecular weight excluding hydrogens is 200 g/mol. The van der Waals surface area contributed by atoms with Gasteiger partial charge in [-0.25, -0.2) is 0 Å². The molecule has 16 heavy (non-hydrogen) atoms. The zero-order chi connectivity index (χ0) is 11.4. The summed E-state index contributed by atoms with van der Waals surface area (Å²) >= 11 is 0. The molecule has 2 heteroatoms. The van der Waals surface area contributed by atoms with Crippen LogP contribution in [0.3, 0.4) is 0 Å². The first-order valence-corrected chi connectivity index (χ1v) is 6.50. The van der Waals surface area contributed by atoms with Crippen molar-refractivity contribution in [2.75, 3.05) is 6.61 Å². The second-order valence-corrected chi connectivity index (χ2v) is 5.90. The van der Waals surface area contributed by atoms with Gasteiger partial charge < -0.3 is 4.74 Å². The van der Waals surface area contributed by atoms with Crippen molar-refractivity contribution in [1.82, 2.24) is 0 Å². The normalized spacial score (nSPS) is 48.5. The highest BCUT2D eigenvalue weighted by molar-refractivity contribution is 5.82. The molecule has 0 amide bonds. The van der Waals surface area contributed by atoms with Crippen LogP contribution >= 0.6 is 0 Å². The zero-order valence-electron chi connectivity index (χ0n) is 10.2. The van der Waals surface area contributed by atoms with Crippen molar-refractivity contribution < 1.29 is 9.53 Å². The van der Waals surface area contributed by atoms with E-state index in [4.69, 9.17) is 4.74 Å². The Morgan fingerprint density at radius 2 is 2.19 bits per heavy atom. The Kier molecular flexibility index (Phi) is 2.02. The van der Waals surface area contributed by atoms with E-state index in [0.29, 0.717) is 18.4 Å². The molecule has 0 spiro atoms. The lowest BCUT2D eigenvalue weighted by Gasteiger charge is -2.40. The summed E-state index contributed by atoms with van der Waals surface area (Å²) in [4.78, 5) is 12.2. The van der Waals surface area contributed by atoms with Crippen LogP contribution in [0.1, 0.15) is 39.5 Å². The van der Waals surface area contributed by atoms with Gasteiger partial charge in [0.25, 0.3) is 0 Å². The molecule has 0 aromatic carbocycles. The summed E-state index contributed by atoms with van der Waals surface area (Å²) in [5, 5.41) is 0. The number of rotatable bonds is 3. The lowest BCUT2D eigenvalue weighted by molar-refractivity contribution is -0.149. The number of hydrogen-bond donors (Lipinski definition) is 0. The third kappa shape index (κ3) is 0.922. The van der Waals surface area contributed by atoms with Gasteiger partial charge in [0.1, 0.15) is 0 Å². The number of unbranched alkanes of at least 4 members (excludes halogenated alkanes) is 1. The molecule has 4 atom stereocenters. The van der Waals surface area contributed by atoms with Crippen molar-refractivity contribution in [3.05, 3.63) is 12.2 Å². The molecule has 3 rings (SSSR count). The fraction of sp³-hybridized carbons (Fsp3) is 0.786. The van der Waals surface area contributed by atoms with Crippen LogP contribution in [0.4, 0.5) is 0 Å². The topological polar surface area (TPSA) is 26.3 Å². The van der Waals surface area contributed by atoms with E-state index in [9.17, 15) is 4.79 Å². The number of esters is 1. The molecule has 2 bridgehead atoms. The van der Waals surface area contributed by atoms with Gasteiger partial charge in [-0.15, -0.1) is 0 Å². The Labute approximate surface area is 97.1 Å². The molecule has 1 heterocycles. The molecule has 88 valence electrons. The van der Waals surface area contributed by atoms with Gasteiger partial charge >= 0.3 is 5.97 Å². The van der Waals surface area contributed by atoms with Crippen LogP contribution in [0, 0.1) is 22.7 Å². The molecule has 1 saturated carbocycles. The fourth-order valence-corrected chi connectivity index (χ4v) is 4.28. The minimum absolute atomic E-state index is 0.0820. The molecular formula is C14H20O2. The molecule has 1 aliphatic heterocycles. The molecule has 0 aromatic rings. The quantitative estimate of drug-likeness (QED) is 0.540. The van der Waals surface area contributed by atoms with E-state index in [0.717, 1.165) is 19.3 Å². The van der Waals surface area contributed by atoms with Gasteiger partial charge in [-0.2, -0.15) is 0 Å². The van der Waals surface area contributed by atoms with Crippen LogP contribution in [-0.4, -0.2) is 12.6 Å². The lowest BCUT2D eigenvalue weighted by atomic mass is 9.58. The summed E-state index contributed by atoms with van der Waals surface area (Å²) in [5.41, 5.74) is -0.0961. The van der Waals surface area contributed by atoms with Gasteiger partial charge in [0.15, 0.2) is 0 Å². The molecule has 0 aromatic heterocycles. The first kappa shape index (κ1) is 10.4. The molecule has 3 aliphatic rings. The first-order valence-electron chi connectivity index (χ1n) is 6.50. The van der Waals surface area contributed by atoms with Crippen molar-refractivity contribution in [3.63, 3.8) is 0 Å². The molecule has 0 radical (unpaired) electrons. The van der Waals surface area contributed by atoms with Gasteiger partial charge in [0, 0.05) is 5.41 Å². The first-order chi connectivity index (χ1) is 7.65. The summed E-state index contributed by atoms with van der Waals surface area (Å²) in [6, 6.07) is 0. The number of carbonyl (C=O) groups excluding carboxylic acids is 1.